The summed E-state index contributed by atoms with van der Waals surface area (Å²) < 4.78 is 5.67. The second-order valence-electron chi connectivity index (χ2n) is 4.27. The number of thiol groups is 1. The average molecular weight is 287 g/mol. The average Bonchev–Trinajstić information content (AvgIpc) is 2.49. The highest BCUT2D eigenvalue weighted by Crippen LogP contribution is 2.20. The third-order valence-electron chi connectivity index (χ3n) is 2.72. The molecular formula is C16H17NO2S. The fourth-order valence-corrected chi connectivity index (χ4v) is 1.84. The van der Waals surface area contributed by atoms with E-state index in [2.05, 4.69) is 17.9 Å². The Bertz CT molecular complexity index is 540. The summed E-state index contributed by atoms with van der Waals surface area (Å²) in [4.78, 5) is 11.8. The molecule has 0 bridgehead atoms. The van der Waals surface area contributed by atoms with Crippen molar-refractivity contribution in [2.45, 2.75) is 6.42 Å². The van der Waals surface area contributed by atoms with Crippen molar-refractivity contribution < 1.29 is 9.53 Å². The number of rotatable bonds is 6. The van der Waals surface area contributed by atoms with Gasteiger partial charge in [-0.1, -0.05) is 18.2 Å². The van der Waals surface area contributed by atoms with Crippen molar-refractivity contribution in [2.24, 2.45) is 0 Å². The summed E-state index contributed by atoms with van der Waals surface area (Å²) in [6, 6.07) is 16.6. The number of carbonyl (C=O) groups is 1. The van der Waals surface area contributed by atoms with Gasteiger partial charge >= 0.3 is 0 Å². The van der Waals surface area contributed by atoms with E-state index in [0.29, 0.717) is 17.9 Å². The number of nitrogens with one attached hydrogen (secondary N) is 1. The van der Waals surface area contributed by atoms with Gasteiger partial charge in [-0.15, -0.1) is 0 Å². The van der Waals surface area contributed by atoms with Crippen LogP contribution in [0.4, 0.5) is 0 Å². The molecule has 0 fully saturated rings. The Morgan fingerprint density at radius 3 is 2.30 bits per heavy atom. The van der Waals surface area contributed by atoms with E-state index in [9.17, 15) is 4.79 Å². The van der Waals surface area contributed by atoms with Crippen LogP contribution in [0.2, 0.25) is 0 Å². The standard InChI is InChI=1S/C16H17NO2S/c18-16(17-11-4-12-20)13-7-9-15(10-8-13)19-14-5-2-1-3-6-14/h1-3,5-10,20H,4,11-12H2,(H,17,18). The summed E-state index contributed by atoms with van der Waals surface area (Å²) in [5.74, 6) is 2.18. The zero-order valence-electron chi connectivity index (χ0n) is 11.1. The number of para-hydroxylation sites is 1. The van der Waals surface area contributed by atoms with Gasteiger partial charge in [-0.2, -0.15) is 12.6 Å². The molecule has 0 atom stereocenters. The van der Waals surface area contributed by atoms with Gasteiger partial charge in [-0.3, -0.25) is 4.79 Å². The minimum Gasteiger partial charge on any atom is -0.457 e. The van der Waals surface area contributed by atoms with Crippen LogP contribution in [0, 0.1) is 0 Å². The van der Waals surface area contributed by atoms with Crippen molar-refractivity contribution >= 4 is 18.5 Å². The first-order valence-corrected chi connectivity index (χ1v) is 7.15. The second kappa shape index (κ2) is 7.60. The number of ether oxygens (including phenoxy) is 1. The molecule has 0 aliphatic rings. The summed E-state index contributed by atoms with van der Waals surface area (Å²) in [6.07, 6.45) is 0.865. The number of carbonyl (C=O) groups excluding carboxylic acids is 1. The molecule has 2 aromatic carbocycles. The predicted molar refractivity (Wildman–Crippen MR) is 83.8 cm³/mol. The normalized spacial score (nSPS) is 10.1. The lowest BCUT2D eigenvalue weighted by molar-refractivity contribution is 0.0954. The molecule has 0 aliphatic carbocycles. The van der Waals surface area contributed by atoms with Gasteiger partial charge < -0.3 is 10.1 Å². The van der Waals surface area contributed by atoms with Crippen LogP contribution >= 0.6 is 12.6 Å². The Hall–Kier alpha value is -1.94. The quantitative estimate of drug-likeness (QED) is 0.630. The zero-order valence-corrected chi connectivity index (χ0v) is 12.0. The fraction of sp³-hybridized carbons (Fsp3) is 0.188. The van der Waals surface area contributed by atoms with Crippen molar-refractivity contribution in [3.8, 4) is 11.5 Å². The molecule has 3 nitrogen and oxygen atoms in total. The van der Waals surface area contributed by atoms with Crippen LogP contribution in [-0.4, -0.2) is 18.2 Å². The van der Waals surface area contributed by atoms with Crippen LogP contribution in [0.15, 0.2) is 54.6 Å². The minimum absolute atomic E-state index is 0.0713. The lowest BCUT2D eigenvalue weighted by atomic mass is 10.2. The largest absolute Gasteiger partial charge is 0.457 e. The van der Waals surface area contributed by atoms with E-state index in [-0.39, 0.29) is 5.91 Å². The maximum atomic E-state index is 11.8. The summed E-state index contributed by atoms with van der Waals surface area (Å²) >= 11 is 4.10. The Morgan fingerprint density at radius 1 is 1.00 bits per heavy atom. The highest BCUT2D eigenvalue weighted by atomic mass is 32.1. The van der Waals surface area contributed by atoms with Gasteiger partial charge in [0, 0.05) is 12.1 Å². The second-order valence-corrected chi connectivity index (χ2v) is 4.72. The maximum Gasteiger partial charge on any atom is 0.251 e. The lowest BCUT2D eigenvalue weighted by Crippen LogP contribution is -2.24. The molecule has 0 radical (unpaired) electrons. The molecule has 1 N–H and O–H groups in total. The molecule has 2 rings (SSSR count). The summed E-state index contributed by atoms with van der Waals surface area (Å²) in [5, 5.41) is 2.84. The molecule has 20 heavy (non-hydrogen) atoms. The van der Waals surface area contributed by atoms with Crippen molar-refractivity contribution in [3.63, 3.8) is 0 Å². The van der Waals surface area contributed by atoms with Gasteiger partial charge in [-0.05, 0) is 48.6 Å². The van der Waals surface area contributed by atoms with Gasteiger partial charge in [0.2, 0.25) is 0 Å². The third-order valence-corrected chi connectivity index (χ3v) is 3.03. The van der Waals surface area contributed by atoms with Gasteiger partial charge in [-0.25, -0.2) is 0 Å². The van der Waals surface area contributed by atoms with Crippen molar-refractivity contribution in [2.75, 3.05) is 12.3 Å². The smallest absolute Gasteiger partial charge is 0.251 e. The van der Waals surface area contributed by atoms with Crippen molar-refractivity contribution in [1.29, 1.82) is 0 Å². The summed E-state index contributed by atoms with van der Waals surface area (Å²) in [7, 11) is 0. The molecule has 104 valence electrons. The van der Waals surface area contributed by atoms with Crippen LogP contribution in [0.1, 0.15) is 16.8 Å². The molecule has 2 aromatic rings. The number of amides is 1. The first-order valence-electron chi connectivity index (χ1n) is 6.51. The van der Waals surface area contributed by atoms with Crippen LogP contribution in [0.25, 0.3) is 0 Å². The molecule has 0 heterocycles. The van der Waals surface area contributed by atoms with Crippen molar-refractivity contribution in [3.05, 3.63) is 60.2 Å². The molecule has 0 saturated carbocycles. The fourth-order valence-electron chi connectivity index (χ4n) is 1.68. The number of hydrogen-bond donors (Lipinski definition) is 2. The number of benzene rings is 2. The van der Waals surface area contributed by atoms with Crippen LogP contribution in [0.5, 0.6) is 11.5 Å². The predicted octanol–water partition coefficient (Wildman–Crippen LogP) is 3.53. The van der Waals surface area contributed by atoms with Gasteiger partial charge in [0.05, 0.1) is 0 Å². The van der Waals surface area contributed by atoms with E-state index >= 15 is 0 Å². The summed E-state index contributed by atoms with van der Waals surface area (Å²) in [6.45, 7) is 0.643. The summed E-state index contributed by atoms with van der Waals surface area (Å²) in [5.41, 5.74) is 0.629. The lowest BCUT2D eigenvalue weighted by Gasteiger charge is -2.07. The maximum absolute atomic E-state index is 11.8. The molecule has 0 saturated heterocycles. The Morgan fingerprint density at radius 2 is 1.65 bits per heavy atom. The van der Waals surface area contributed by atoms with Crippen LogP contribution < -0.4 is 10.1 Å². The van der Waals surface area contributed by atoms with E-state index in [0.717, 1.165) is 17.9 Å². The molecule has 0 aliphatic heterocycles. The van der Waals surface area contributed by atoms with Crippen LogP contribution in [0.3, 0.4) is 0 Å². The number of hydrogen-bond acceptors (Lipinski definition) is 3. The molecule has 0 spiro atoms. The van der Waals surface area contributed by atoms with E-state index < -0.39 is 0 Å². The molecule has 0 unspecified atom stereocenters. The zero-order chi connectivity index (χ0) is 14.2. The molecule has 4 heteroatoms. The van der Waals surface area contributed by atoms with Gasteiger partial charge in [0.25, 0.3) is 5.91 Å². The van der Waals surface area contributed by atoms with E-state index in [4.69, 9.17) is 4.74 Å². The van der Waals surface area contributed by atoms with Gasteiger partial charge in [0.1, 0.15) is 11.5 Å². The molecule has 1 amide bonds. The third kappa shape index (κ3) is 4.31. The first-order chi connectivity index (χ1) is 9.79. The highest BCUT2D eigenvalue weighted by molar-refractivity contribution is 7.80. The van der Waals surface area contributed by atoms with Crippen LogP contribution in [-0.2, 0) is 0 Å². The van der Waals surface area contributed by atoms with Crippen molar-refractivity contribution in [1.82, 2.24) is 5.32 Å². The van der Waals surface area contributed by atoms with E-state index in [1.807, 2.05) is 30.3 Å². The molecule has 0 aromatic heterocycles. The highest BCUT2D eigenvalue weighted by Gasteiger charge is 2.05. The minimum atomic E-state index is -0.0713. The Labute approximate surface area is 124 Å². The Balaban J connectivity index is 1.94. The van der Waals surface area contributed by atoms with E-state index in [1.54, 1.807) is 24.3 Å². The molecular weight excluding hydrogens is 270 g/mol. The topological polar surface area (TPSA) is 38.3 Å². The Kier molecular flexibility index (Phi) is 5.50. The van der Waals surface area contributed by atoms with Gasteiger partial charge in [0.15, 0.2) is 0 Å². The SMILES string of the molecule is O=C(NCCCS)c1ccc(Oc2ccccc2)cc1. The monoisotopic (exact) mass is 287 g/mol. The first kappa shape index (κ1) is 14.5. The van der Waals surface area contributed by atoms with E-state index in [1.165, 1.54) is 0 Å².